The minimum atomic E-state index is -0.568. The van der Waals surface area contributed by atoms with E-state index in [1.807, 2.05) is 17.0 Å². The summed E-state index contributed by atoms with van der Waals surface area (Å²) < 4.78 is 1.75. The fourth-order valence-electron chi connectivity index (χ4n) is 7.43. The summed E-state index contributed by atoms with van der Waals surface area (Å²) in [5.41, 5.74) is 3.73. The van der Waals surface area contributed by atoms with Gasteiger partial charge in [0, 0.05) is 29.7 Å². The normalized spacial score (nSPS) is 24.6. The van der Waals surface area contributed by atoms with E-state index in [0.717, 1.165) is 41.8 Å². The number of aromatic nitrogens is 1. The van der Waals surface area contributed by atoms with Crippen LogP contribution in [-0.2, 0) is 18.4 Å². The van der Waals surface area contributed by atoms with Crippen LogP contribution in [0, 0.1) is 11.8 Å². The molecule has 36 heavy (non-hydrogen) atoms. The van der Waals surface area contributed by atoms with Crippen LogP contribution in [0.25, 0.3) is 0 Å². The maximum Gasteiger partial charge on any atom is 0.277 e. The second kappa shape index (κ2) is 7.87. The summed E-state index contributed by atoms with van der Waals surface area (Å²) in [5, 5.41) is 13.9. The first kappa shape index (κ1) is 22.0. The van der Waals surface area contributed by atoms with Crippen LogP contribution in [0.4, 0.5) is 0 Å². The van der Waals surface area contributed by atoms with Crippen molar-refractivity contribution < 1.29 is 9.90 Å². The molecule has 2 unspecified atom stereocenters. The summed E-state index contributed by atoms with van der Waals surface area (Å²) in [5.74, 6) is -0.112. The summed E-state index contributed by atoms with van der Waals surface area (Å²) in [7, 11) is 0. The summed E-state index contributed by atoms with van der Waals surface area (Å²) in [4.78, 5) is 28.1. The minimum Gasteiger partial charge on any atom is -0.502 e. The number of aromatic hydroxyl groups is 1. The van der Waals surface area contributed by atoms with Crippen molar-refractivity contribution in [2.75, 3.05) is 18.2 Å². The number of hydrogen-bond donors (Lipinski definition) is 1. The third-order valence-corrected chi connectivity index (χ3v) is 9.29. The van der Waals surface area contributed by atoms with Gasteiger partial charge >= 0.3 is 0 Å². The first-order chi connectivity index (χ1) is 17.5. The monoisotopic (exact) mass is 501 g/mol. The van der Waals surface area contributed by atoms with Crippen LogP contribution < -0.4 is 10.4 Å². The third kappa shape index (κ3) is 2.85. The first-order valence-electron chi connectivity index (χ1n) is 12.9. The number of amides is 1. The highest BCUT2D eigenvalue weighted by atomic mass is 35.5. The van der Waals surface area contributed by atoms with Gasteiger partial charge in [0.15, 0.2) is 11.4 Å². The molecule has 1 amide bonds. The number of rotatable bonds is 3. The maximum atomic E-state index is 13.7. The Morgan fingerprint density at radius 1 is 0.972 bits per heavy atom. The van der Waals surface area contributed by atoms with E-state index in [2.05, 4.69) is 35.3 Å². The number of nitrogens with zero attached hydrogens (tertiary/aromatic N) is 3. The lowest BCUT2D eigenvalue weighted by atomic mass is 9.81. The molecule has 0 radical (unpaired) electrons. The number of carbonyl (C=O) groups excluding carboxylic acids is 1. The molecule has 3 aromatic rings. The van der Waals surface area contributed by atoms with Crippen LogP contribution in [0.2, 0.25) is 5.02 Å². The Labute approximate surface area is 214 Å². The molecule has 1 N–H and O–H groups in total. The van der Waals surface area contributed by atoms with Gasteiger partial charge in [-0.1, -0.05) is 60.8 Å². The molecule has 184 valence electrons. The van der Waals surface area contributed by atoms with Crippen molar-refractivity contribution in [3.05, 3.63) is 97.9 Å². The Balaban J connectivity index is 1.48. The topological polar surface area (TPSA) is 65.8 Å². The fourth-order valence-corrected chi connectivity index (χ4v) is 7.69. The van der Waals surface area contributed by atoms with Gasteiger partial charge in [-0.3, -0.25) is 19.3 Å². The number of hydrogen-bond acceptors (Lipinski definition) is 4. The standard InChI is InChI=1S/C29H28ClN3O3/c30-24-11-5-10-23-21(24)15-20-14-19-8-3-4-9-22(19)29(20,23)33-17-31(16-18-6-1-2-7-18)28(36)26-27(35)25(34)12-13-32(26)33/h3-5,8-13,18,20,35H,1-2,6-7,14-17H2. The highest BCUT2D eigenvalue weighted by Crippen LogP contribution is 2.57. The largest absolute Gasteiger partial charge is 0.502 e. The van der Waals surface area contributed by atoms with Crippen molar-refractivity contribution in [1.29, 1.82) is 0 Å². The van der Waals surface area contributed by atoms with Gasteiger partial charge in [-0.05, 0) is 59.9 Å². The summed E-state index contributed by atoms with van der Waals surface area (Å²) in [6, 6.07) is 16.0. The van der Waals surface area contributed by atoms with E-state index in [-0.39, 0.29) is 17.5 Å². The lowest BCUT2D eigenvalue weighted by molar-refractivity contribution is 0.0614. The predicted molar refractivity (Wildman–Crippen MR) is 138 cm³/mol. The number of carbonyl (C=O) groups is 1. The van der Waals surface area contributed by atoms with E-state index in [0.29, 0.717) is 19.1 Å². The molecule has 1 saturated carbocycles. The lowest BCUT2D eigenvalue weighted by Crippen LogP contribution is -2.63. The van der Waals surface area contributed by atoms with E-state index in [9.17, 15) is 14.7 Å². The van der Waals surface area contributed by atoms with Crippen LogP contribution in [0.3, 0.4) is 0 Å². The van der Waals surface area contributed by atoms with Gasteiger partial charge in [-0.2, -0.15) is 0 Å². The number of pyridine rings is 1. The molecule has 0 saturated heterocycles. The molecule has 2 heterocycles. The summed E-state index contributed by atoms with van der Waals surface area (Å²) in [6.07, 6.45) is 7.95. The molecular formula is C29H28ClN3O3. The zero-order valence-electron chi connectivity index (χ0n) is 20.0. The molecule has 0 spiro atoms. The van der Waals surface area contributed by atoms with Crippen molar-refractivity contribution >= 4 is 17.5 Å². The minimum absolute atomic E-state index is 0.0553. The van der Waals surface area contributed by atoms with Gasteiger partial charge in [-0.25, -0.2) is 0 Å². The van der Waals surface area contributed by atoms with Crippen LogP contribution in [0.5, 0.6) is 5.75 Å². The molecule has 1 aliphatic heterocycles. The highest BCUT2D eigenvalue weighted by molar-refractivity contribution is 6.31. The van der Waals surface area contributed by atoms with Gasteiger partial charge < -0.3 is 10.0 Å². The smallest absolute Gasteiger partial charge is 0.277 e. The Bertz CT molecular complexity index is 1460. The van der Waals surface area contributed by atoms with Crippen molar-refractivity contribution in [2.24, 2.45) is 11.8 Å². The van der Waals surface area contributed by atoms with Gasteiger partial charge in [0.25, 0.3) is 5.91 Å². The zero-order chi connectivity index (χ0) is 24.6. The van der Waals surface area contributed by atoms with Crippen LogP contribution in [0.1, 0.15) is 58.4 Å². The Morgan fingerprint density at radius 2 is 1.75 bits per heavy atom. The number of benzene rings is 2. The van der Waals surface area contributed by atoms with E-state index >= 15 is 0 Å². The molecule has 7 heteroatoms. The SMILES string of the molecule is O=C1c2c(O)c(=O)ccn2N(C23c4ccccc4CC2Cc2c(Cl)cccc23)CN1CC1CCCC1. The second-order valence-electron chi connectivity index (χ2n) is 10.7. The molecule has 0 bridgehead atoms. The van der Waals surface area contributed by atoms with E-state index < -0.39 is 16.7 Å². The van der Waals surface area contributed by atoms with Gasteiger partial charge in [0.2, 0.25) is 5.43 Å². The Morgan fingerprint density at radius 3 is 2.58 bits per heavy atom. The quantitative estimate of drug-likeness (QED) is 0.577. The zero-order valence-corrected chi connectivity index (χ0v) is 20.7. The van der Waals surface area contributed by atoms with Crippen molar-refractivity contribution in [3.8, 4) is 5.75 Å². The molecule has 1 aromatic heterocycles. The average molecular weight is 502 g/mol. The van der Waals surface area contributed by atoms with Crippen LogP contribution in [-0.4, -0.2) is 33.8 Å². The average Bonchev–Trinajstić information content (AvgIpc) is 3.57. The number of fused-ring (bicyclic) bond motifs is 6. The molecule has 2 aromatic carbocycles. The van der Waals surface area contributed by atoms with Crippen molar-refractivity contribution in [3.63, 3.8) is 0 Å². The molecule has 2 atom stereocenters. The van der Waals surface area contributed by atoms with Gasteiger partial charge in [-0.15, -0.1) is 0 Å². The summed E-state index contributed by atoms with van der Waals surface area (Å²) >= 11 is 6.75. The molecule has 6 nitrogen and oxygen atoms in total. The Hall–Kier alpha value is -3.25. The highest BCUT2D eigenvalue weighted by Gasteiger charge is 2.59. The Kier molecular flexibility index (Phi) is 4.81. The fraction of sp³-hybridized carbons (Fsp3) is 0.379. The molecular weight excluding hydrogens is 474 g/mol. The third-order valence-electron chi connectivity index (χ3n) is 8.93. The summed E-state index contributed by atoms with van der Waals surface area (Å²) in [6.45, 7) is 1.00. The van der Waals surface area contributed by atoms with Crippen LogP contribution in [0.15, 0.2) is 59.5 Å². The van der Waals surface area contributed by atoms with Gasteiger partial charge in [0.1, 0.15) is 12.2 Å². The van der Waals surface area contributed by atoms with Crippen LogP contribution >= 0.6 is 11.6 Å². The predicted octanol–water partition coefficient (Wildman–Crippen LogP) is 4.42. The molecule has 4 aliphatic rings. The van der Waals surface area contributed by atoms with E-state index in [4.69, 9.17) is 11.6 Å². The number of halogens is 1. The van der Waals surface area contributed by atoms with E-state index in [1.54, 1.807) is 10.9 Å². The molecule has 1 fully saturated rings. The second-order valence-corrected chi connectivity index (χ2v) is 11.1. The van der Waals surface area contributed by atoms with Crippen molar-refractivity contribution in [2.45, 2.75) is 44.1 Å². The first-order valence-corrected chi connectivity index (χ1v) is 13.3. The maximum absolute atomic E-state index is 13.7. The lowest BCUT2D eigenvalue weighted by Gasteiger charge is -2.51. The van der Waals surface area contributed by atoms with Gasteiger partial charge in [0.05, 0.1) is 0 Å². The van der Waals surface area contributed by atoms with E-state index in [1.165, 1.54) is 30.0 Å². The molecule has 3 aliphatic carbocycles. The van der Waals surface area contributed by atoms with Crippen molar-refractivity contribution in [1.82, 2.24) is 9.58 Å². The molecule has 7 rings (SSSR count).